The molecule has 2 N–H and O–H groups in total. The van der Waals surface area contributed by atoms with Crippen molar-refractivity contribution in [1.29, 1.82) is 0 Å². The van der Waals surface area contributed by atoms with Gasteiger partial charge >= 0.3 is 0 Å². The van der Waals surface area contributed by atoms with Crippen LogP contribution in [0.1, 0.15) is 31.4 Å². The van der Waals surface area contributed by atoms with Crippen LogP contribution < -0.4 is 10.6 Å². The van der Waals surface area contributed by atoms with Gasteiger partial charge in [0.1, 0.15) is 0 Å². The number of rotatable bonds is 6. The number of furan rings is 1. The van der Waals surface area contributed by atoms with Crippen molar-refractivity contribution in [2.24, 2.45) is 0 Å². The van der Waals surface area contributed by atoms with Crippen LogP contribution in [0, 0.1) is 6.92 Å². The van der Waals surface area contributed by atoms with E-state index >= 15 is 0 Å². The molecule has 4 rings (SSSR count). The molecule has 4 aromatic heterocycles. The maximum Gasteiger partial charge on any atom is 0.291 e. The second-order valence-corrected chi connectivity index (χ2v) is 7.32. The Morgan fingerprint density at radius 1 is 1.17 bits per heavy atom. The lowest BCUT2D eigenvalue weighted by Gasteiger charge is -2.02. The molecule has 0 bridgehead atoms. The average molecular weight is 407 g/mol. The van der Waals surface area contributed by atoms with Crippen molar-refractivity contribution in [3.8, 4) is 0 Å². The van der Waals surface area contributed by atoms with Crippen molar-refractivity contribution in [3.63, 3.8) is 0 Å². The van der Waals surface area contributed by atoms with Crippen LogP contribution in [0.25, 0.3) is 0 Å². The van der Waals surface area contributed by atoms with Gasteiger partial charge in [-0.25, -0.2) is 0 Å². The largest absolute Gasteiger partial charge is 0.459 e. The van der Waals surface area contributed by atoms with Crippen LogP contribution in [-0.4, -0.2) is 26.6 Å². The number of amides is 2. The molecule has 0 atom stereocenters. The van der Waals surface area contributed by atoms with Gasteiger partial charge in [-0.3, -0.25) is 19.3 Å². The fourth-order valence-electron chi connectivity index (χ4n) is 2.72. The van der Waals surface area contributed by atoms with E-state index in [1.54, 1.807) is 47.5 Å². The summed E-state index contributed by atoms with van der Waals surface area (Å²) in [4.78, 5) is 29.3. The highest BCUT2D eigenvalue weighted by Crippen LogP contribution is 2.28. The third-order valence-corrected chi connectivity index (χ3v) is 5.21. The number of nitrogens with zero attached hydrogens (tertiary/aromatic N) is 3. The molecule has 0 unspecified atom stereocenters. The van der Waals surface area contributed by atoms with Gasteiger partial charge in [0.15, 0.2) is 11.6 Å². The van der Waals surface area contributed by atoms with Crippen molar-refractivity contribution in [2.45, 2.75) is 13.5 Å². The Morgan fingerprint density at radius 3 is 2.83 bits per heavy atom. The fourth-order valence-corrected chi connectivity index (χ4v) is 3.68. The molecule has 0 saturated carbocycles. The molecule has 0 aliphatic heterocycles. The number of anilines is 2. The van der Waals surface area contributed by atoms with E-state index < -0.39 is 0 Å². The number of pyridine rings is 1. The maximum atomic E-state index is 12.6. The number of thiophene rings is 1. The first-order valence-corrected chi connectivity index (χ1v) is 9.59. The first-order chi connectivity index (χ1) is 14.1. The summed E-state index contributed by atoms with van der Waals surface area (Å²) in [7, 11) is 0. The molecule has 4 aromatic rings. The first kappa shape index (κ1) is 18.6. The number of hydrogen-bond donors (Lipinski definition) is 2. The summed E-state index contributed by atoms with van der Waals surface area (Å²) < 4.78 is 6.80. The molecule has 0 fully saturated rings. The highest BCUT2D eigenvalue weighted by atomic mass is 32.1. The van der Waals surface area contributed by atoms with Crippen LogP contribution >= 0.6 is 11.3 Å². The average Bonchev–Trinajstić information content (AvgIpc) is 3.44. The summed E-state index contributed by atoms with van der Waals surface area (Å²) in [5, 5.41) is 10.5. The number of aromatic nitrogens is 3. The van der Waals surface area contributed by atoms with Gasteiger partial charge in [-0.05, 0) is 42.3 Å². The van der Waals surface area contributed by atoms with Gasteiger partial charge < -0.3 is 15.1 Å². The minimum absolute atomic E-state index is 0.209. The van der Waals surface area contributed by atoms with E-state index in [9.17, 15) is 9.59 Å². The predicted molar refractivity (Wildman–Crippen MR) is 109 cm³/mol. The van der Waals surface area contributed by atoms with Gasteiger partial charge in [0.05, 0.1) is 22.7 Å². The summed E-state index contributed by atoms with van der Waals surface area (Å²) in [6.07, 6.45) is 6.71. The highest BCUT2D eigenvalue weighted by molar-refractivity contribution is 7.18. The molecule has 9 heteroatoms. The van der Waals surface area contributed by atoms with Crippen LogP contribution in [0.5, 0.6) is 0 Å². The Bertz CT molecular complexity index is 1130. The molecule has 0 radical (unpaired) electrons. The van der Waals surface area contributed by atoms with Crippen molar-refractivity contribution < 1.29 is 14.0 Å². The summed E-state index contributed by atoms with van der Waals surface area (Å²) in [6, 6.07) is 10.5. The lowest BCUT2D eigenvalue weighted by atomic mass is 10.3. The minimum Gasteiger partial charge on any atom is -0.459 e. The number of nitrogens with one attached hydrogen (secondary N) is 2. The van der Waals surface area contributed by atoms with Gasteiger partial charge in [-0.15, -0.1) is 11.3 Å². The maximum absolute atomic E-state index is 12.6. The topological polar surface area (TPSA) is 102 Å². The molecule has 4 heterocycles. The van der Waals surface area contributed by atoms with Gasteiger partial charge in [0, 0.05) is 24.7 Å². The second kappa shape index (κ2) is 8.11. The molecule has 146 valence electrons. The van der Waals surface area contributed by atoms with Crippen molar-refractivity contribution in [2.75, 3.05) is 10.6 Å². The fraction of sp³-hybridized carbons (Fsp3) is 0.100. The van der Waals surface area contributed by atoms with E-state index in [4.69, 9.17) is 4.42 Å². The van der Waals surface area contributed by atoms with E-state index in [2.05, 4.69) is 20.7 Å². The summed E-state index contributed by atoms with van der Waals surface area (Å²) in [5.74, 6) is 0.0176. The Hall–Kier alpha value is -3.72. The van der Waals surface area contributed by atoms with Crippen LogP contribution in [-0.2, 0) is 6.54 Å². The summed E-state index contributed by atoms with van der Waals surface area (Å²) in [6.45, 7) is 2.37. The van der Waals surface area contributed by atoms with Crippen molar-refractivity contribution >= 4 is 34.0 Å². The molecular weight excluding hydrogens is 390 g/mol. The minimum atomic E-state index is -0.364. The molecule has 0 saturated heterocycles. The smallest absolute Gasteiger partial charge is 0.291 e. The standard InChI is InChI=1S/C20H17N5O3S/c1-13-10-17(23-19(26)15-5-3-9-28-15)29-18(13)20(27)22-16-6-8-25(24-16)12-14-4-2-7-21-11-14/h2-11H,12H2,1H3,(H,23,26)(H,22,24,27). The second-order valence-electron chi connectivity index (χ2n) is 6.27. The van der Waals surface area contributed by atoms with Crippen LogP contribution in [0.15, 0.2) is 65.7 Å². The Labute approximate surface area is 170 Å². The summed E-state index contributed by atoms with van der Waals surface area (Å²) in [5.41, 5.74) is 1.77. The highest BCUT2D eigenvalue weighted by Gasteiger charge is 2.17. The van der Waals surface area contributed by atoms with E-state index in [1.807, 2.05) is 19.1 Å². The molecule has 8 nitrogen and oxygen atoms in total. The number of hydrogen-bond acceptors (Lipinski definition) is 6. The van der Waals surface area contributed by atoms with E-state index in [0.717, 1.165) is 11.1 Å². The van der Waals surface area contributed by atoms with E-state index in [-0.39, 0.29) is 17.6 Å². The molecule has 2 amide bonds. The molecule has 0 aliphatic rings. The SMILES string of the molecule is Cc1cc(NC(=O)c2ccco2)sc1C(=O)Nc1ccn(Cc2cccnc2)n1. The number of carbonyl (C=O) groups excluding carboxylic acids is 2. The Kier molecular flexibility index (Phi) is 5.21. The van der Waals surface area contributed by atoms with Gasteiger partial charge in [-0.1, -0.05) is 6.07 Å². The van der Waals surface area contributed by atoms with Crippen LogP contribution in [0.3, 0.4) is 0 Å². The van der Waals surface area contributed by atoms with Gasteiger partial charge in [0.2, 0.25) is 0 Å². The van der Waals surface area contributed by atoms with Gasteiger partial charge in [-0.2, -0.15) is 5.10 Å². The third-order valence-electron chi connectivity index (χ3n) is 4.06. The predicted octanol–water partition coefficient (Wildman–Crippen LogP) is 3.79. The lowest BCUT2D eigenvalue weighted by molar-refractivity contribution is 0.0995. The molecule has 0 spiro atoms. The first-order valence-electron chi connectivity index (χ1n) is 8.77. The van der Waals surface area contributed by atoms with Crippen molar-refractivity contribution in [1.82, 2.24) is 14.8 Å². The van der Waals surface area contributed by atoms with Crippen LogP contribution in [0.4, 0.5) is 10.8 Å². The number of carbonyl (C=O) groups is 2. The molecule has 0 aliphatic carbocycles. The van der Waals surface area contributed by atoms with Crippen LogP contribution in [0.2, 0.25) is 0 Å². The van der Waals surface area contributed by atoms with Crippen molar-refractivity contribution in [3.05, 3.63) is 83.0 Å². The monoisotopic (exact) mass is 407 g/mol. The number of aryl methyl sites for hydroxylation is 1. The third kappa shape index (κ3) is 4.41. The summed E-state index contributed by atoms with van der Waals surface area (Å²) >= 11 is 1.19. The van der Waals surface area contributed by atoms with Gasteiger partial charge in [0.25, 0.3) is 11.8 Å². The Balaban J connectivity index is 1.41. The quantitative estimate of drug-likeness (QED) is 0.506. The van der Waals surface area contributed by atoms with E-state index in [1.165, 1.54) is 17.6 Å². The zero-order valence-electron chi connectivity index (χ0n) is 15.5. The zero-order chi connectivity index (χ0) is 20.2. The Morgan fingerprint density at radius 2 is 2.07 bits per heavy atom. The molecular formula is C20H17N5O3S. The zero-order valence-corrected chi connectivity index (χ0v) is 16.3. The van der Waals surface area contributed by atoms with E-state index in [0.29, 0.717) is 22.2 Å². The lowest BCUT2D eigenvalue weighted by Crippen LogP contribution is -2.12. The molecule has 29 heavy (non-hydrogen) atoms. The normalized spacial score (nSPS) is 10.7. The molecule has 0 aromatic carbocycles.